The van der Waals surface area contributed by atoms with E-state index in [9.17, 15) is 14.0 Å². The summed E-state index contributed by atoms with van der Waals surface area (Å²) in [6.07, 6.45) is 5.77. The van der Waals surface area contributed by atoms with Crippen molar-refractivity contribution >= 4 is 17.1 Å². The lowest BCUT2D eigenvalue weighted by molar-refractivity contribution is 0.00815. The van der Waals surface area contributed by atoms with Crippen molar-refractivity contribution in [1.82, 2.24) is 29.4 Å². The number of amides is 1. The van der Waals surface area contributed by atoms with Crippen LogP contribution in [0.15, 0.2) is 47.7 Å². The molecular formula is C25H25FN6O3. The predicted octanol–water partition coefficient (Wildman–Crippen LogP) is 3.04. The molecule has 180 valence electrons. The van der Waals surface area contributed by atoms with Gasteiger partial charge in [-0.3, -0.25) is 9.59 Å². The van der Waals surface area contributed by atoms with Gasteiger partial charge in [0.05, 0.1) is 0 Å². The minimum absolute atomic E-state index is 0.0945. The molecule has 1 aromatic carbocycles. The van der Waals surface area contributed by atoms with Gasteiger partial charge in [0.1, 0.15) is 29.6 Å². The SMILES string of the molecule is Cn1cc(-c2cc(F)cc(CNC(=O)c3ncnc4nc(C5CCCCO5)n(C)c34)c2)ccc1=O. The molecule has 3 aromatic heterocycles. The number of hydrogen-bond donors (Lipinski definition) is 1. The molecule has 35 heavy (non-hydrogen) atoms. The number of pyridine rings is 1. The number of fused-ring (bicyclic) bond motifs is 1. The summed E-state index contributed by atoms with van der Waals surface area (Å²) in [5, 5.41) is 2.83. The van der Waals surface area contributed by atoms with E-state index in [0.717, 1.165) is 25.1 Å². The first-order chi connectivity index (χ1) is 16.9. The van der Waals surface area contributed by atoms with Crippen LogP contribution in [0.5, 0.6) is 0 Å². The number of carbonyl (C=O) groups is 1. The smallest absolute Gasteiger partial charge is 0.272 e. The topological polar surface area (TPSA) is 104 Å². The van der Waals surface area contributed by atoms with Crippen LogP contribution in [0.2, 0.25) is 0 Å². The zero-order valence-electron chi connectivity index (χ0n) is 19.5. The molecule has 1 unspecified atom stereocenters. The fourth-order valence-electron chi connectivity index (χ4n) is 4.41. The number of nitrogens with one attached hydrogen (secondary N) is 1. The van der Waals surface area contributed by atoms with Gasteiger partial charge in [-0.2, -0.15) is 0 Å². The van der Waals surface area contributed by atoms with E-state index in [-0.39, 0.29) is 23.9 Å². The van der Waals surface area contributed by atoms with Gasteiger partial charge >= 0.3 is 0 Å². The minimum Gasteiger partial charge on any atom is -0.370 e. The molecule has 0 spiro atoms. The fourth-order valence-corrected chi connectivity index (χ4v) is 4.41. The van der Waals surface area contributed by atoms with Gasteiger partial charge in [0.2, 0.25) is 5.56 Å². The van der Waals surface area contributed by atoms with Crippen LogP contribution in [0, 0.1) is 5.82 Å². The maximum atomic E-state index is 14.4. The van der Waals surface area contributed by atoms with Crippen LogP contribution in [-0.2, 0) is 25.4 Å². The lowest BCUT2D eigenvalue weighted by Crippen LogP contribution is -2.25. The van der Waals surface area contributed by atoms with Gasteiger partial charge in [-0.05, 0) is 60.2 Å². The monoisotopic (exact) mass is 476 g/mol. The second-order valence-electron chi connectivity index (χ2n) is 8.68. The van der Waals surface area contributed by atoms with Gasteiger partial charge in [0.25, 0.3) is 5.91 Å². The largest absolute Gasteiger partial charge is 0.370 e. The van der Waals surface area contributed by atoms with Crippen molar-refractivity contribution in [2.75, 3.05) is 6.61 Å². The molecule has 1 aliphatic heterocycles. The second kappa shape index (κ2) is 9.38. The molecule has 1 saturated heterocycles. The van der Waals surface area contributed by atoms with Crippen molar-refractivity contribution in [3.8, 4) is 11.1 Å². The van der Waals surface area contributed by atoms with Crippen molar-refractivity contribution in [2.45, 2.75) is 31.9 Å². The standard InChI is InChI=1S/C25H25FN6O3/c1-31-13-16(6-7-20(31)33)17-9-15(10-18(26)11-17)12-27-25(34)21-22-23(29-14-28-21)30-24(32(22)2)19-5-3-4-8-35-19/h6-7,9-11,13-14,19H,3-5,8,12H2,1-2H3,(H,27,34). The first kappa shape index (κ1) is 22.9. The third-order valence-electron chi connectivity index (χ3n) is 6.22. The van der Waals surface area contributed by atoms with Crippen LogP contribution < -0.4 is 10.9 Å². The summed E-state index contributed by atoms with van der Waals surface area (Å²) in [6.45, 7) is 0.777. The first-order valence-corrected chi connectivity index (χ1v) is 11.4. The third-order valence-corrected chi connectivity index (χ3v) is 6.22. The molecule has 1 N–H and O–H groups in total. The van der Waals surface area contributed by atoms with Gasteiger partial charge in [-0.1, -0.05) is 0 Å². The van der Waals surface area contributed by atoms with Gasteiger partial charge in [-0.15, -0.1) is 0 Å². The quantitative estimate of drug-likeness (QED) is 0.475. The molecule has 1 fully saturated rings. The molecule has 1 atom stereocenters. The molecule has 4 heterocycles. The minimum atomic E-state index is -0.436. The zero-order valence-corrected chi connectivity index (χ0v) is 19.5. The number of benzene rings is 1. The van der Waals surface area contributed by atoms with Crippen LogP contribution in [0.4, 0.5) is 4.39 Å². The maximum Gasteiger partial charge on any atom is 0.272 e. The van der Waals surface area contributed by atoms with Crippen LogP contribution in [-0.4, -0.2) is 36.6 Å². The summed E-state index contributed by atoms with van der Waals surface area (Å²) in [5.74, 6) is -0.125. The van der Waals surface area contributed by atoms with Crippen molar-refractivity contribution in [3.63, 3.8) is 0 Å². The number of nitrogens with zero attached hydrogens (tertiary/aromatic N) is 5. The number of halogens is 1. The molecule has 4 aromatic rings. The van der Waals surface area contributed by atoms with Crippen LogP contribution in [0.3, 0.4) is 0 Å². The highest BCUT2D eigenvalue weighted by atomic mass is 19.1. The summed E-state index contributed by atoms with van der Waals surface area (Å²) in [7, 11) is 3.47. The summed E-state index contributed by atoms with van der Waals surface area (Å²) in [4.78, 5) is 37.8. The number of hydrogen-bond acceptors (Lipinski definition) is 6. The van der Waals surface area contributed by atoms with E-state index in [2.05, 4.69) is 20.3 Å². The lowest BCUT2D eigenvalue weighted by atomic mass is 10.0. The Labute approximate surface area is 200 Å². The van der Waals surface area contributed by atoms with Crippen molar-refractivity contribution in [2.24, 2.45) is 14.1 Å². The van der Waals surface area contributed by atoms with E-state index >= 15 is 0 Å². The third kappa shape index (κ3) is 4.57. The molecule has 5 rings (SSSR count). The van der Waals surface area contributed by atoms with Gasteiger partial charge in [0.15, 0.2) is 11.3 Å². The van der Waals surface area contributed by atoms with Gasteiger partial charge in [-0.25, -0.2) is 19.3 Å². The Kier molecular flexibility index (Phi) is 6.12. The first-order valence-electron chi connectivity index (χ1n) is 11.4. The second-order valence-corrected chi connectivity index (χ2v) is 8.68. The summed E-state index contributed by atoms with van der Waals surface area (Å²) in [6, 6.07) is 7.62. The Hall–Kier alpha value is -3.92. The number of ether oxygens (including phenoxy) is 1. The maximum absolute atomic E-state index is 14.4. The Balaban J connectivity index is 1.39. The van der Waals surface area contributed by atoms with E-state index in [1.807, 2.05) is 11.6 Å². The van der Waals surface area contributed by atoms with Crippen LogP contribution in [0.25, 0.3) is 22.3 Å². The van der Waals surface area contributed by atoms with Gasteiger partial charge < -0.3 is 19.2 Å². The number of imidazole rings is 1. The molecule has 9 nitrogen and oxygen atoms in total. The highest BCUT2D eigenvalue weighted by Gasteiger charge is 2.25. The molecule has 0 bridgehead atoms. The molecular weight excluding hydrogens is 451 g/mol. The lowest BCUT2D eigenvalue weighted by Gasteiger charge is -2.21. The van der Waals surface area contributed by atoms with Crippen LogP contribution in [0.1, 0.15) is 47.2 Å². The molecule has 0 saturated carbocycles. The van der Waals surface area contributed by atoms with E-state index in [1.54, 1.807) is 25.4 Å². The molecule has 1 aliphatic rings. The highest BCUT2D eigenvalue weighted by molar-refractivity contribution is 6.02. The average molecular weight is 477 g/mol. The van der Waals surface area contributed by atoms with E-state index in [0.29, 0.717) is 34.5 Å². The van der Waals surface area contributed by atoms with Crippen LogP contribution >= 0.6 is 0 Å². The van der Waals surface area contributed by atoms with Gasteiger partial charge in [0, 0.05) is 39.5 Å². The fraction of sp³-hybridized carbons (Fsp3) is 0.320. The van der Waals surface area contributed by atoms with E-state index in [1.165, 1.54) is 29.1 Å². The van der Waals surface area contributed by atoms with E-state index in [4.69, 9.17) is 4.74 Å². The average Bonchev–Trinajstić information content (AvgIpc) is 3.21. The number of aromatic nitrogens is 5. The number of rotatable bonds is 5. The highest BCUT2D eigenvalue weighted by Crippen LogP contribution is 2.29. The Morgan fingerprint density at radius 2 is 2.03 bits per heavy atom. The van der Waals surface area contributed by atoms with E-state index < -0.39 is 11.7 Å². The number of carbonyl (C=O) groups excluding carboxylic acids is 1. The Morgan fingerprint density at radius 1 is 1.17 bits per heavy atom. The molecule has 0 radical (unpaired) electrons. The van der Waals surface area contributed by atoms with Crippen molar-refractivity contribution in [1.29, 1.82) is 0 Å². The summed E-state index contributed by atoms with van der Waals surface area (Å²) < 4.78 is 23.5. The Morgan fingerprint density at radius 3 is 2.80 bits per heavy atom. The number of aryl methyl sites for hydroxylation is 2. The predicted molar refractivity (Wildman–Crippen MR) is 127 cm³/mol. The Bertz CT molecular complexity index is 1470. The molecule has 0 aliphatic carbocycles. The zero-order chi connectivity index (χ0) is 24.5. The molecule has 10 heteroatoms. The van der Waals surface area contributed by atoms with Crippen molar-refractivity contribution < 1.29 is 13.9 Å². The normalized spacial score (nSPS) is 15.9. The summed E-state index contributed by atoms with van der Waals surface area (Å²) >= 11 is 0. The molecule has 1 amide bonds. The van der Waals surface area contributed by atoms with Crippen molar-refractivity contribution in [3.05, 3.63) is 76.1 Å². The summed E-state index contributed by atoms with van der Waals surface area (Å²) in [5.41, 5.74) is 2.89.